The van der Waals surface area contributed by atoms with E-state index in [1.165, 1.54) is 6.07 Å². The van der Waals surface area contributed by atoms with Crippen LogP contribution in [0.2, 0.25) is 5.02 Å². The maximum absolute atomic E-state index is 12.6. The molecule has 116 valence electrons. The Kier molecular flexibility index (Phi) is 4.85. The van der Waals surface area contributed by atoms with Gasteiger partial charge >= 0.3 is 0 Å². The number of rotatable bonds is 3. The van der Waals surface area contributed by atoms with Gasteiger partial charge in [-0.05, 0) is 43.9 Å². The summed E-state index contributed by atoms with van der Waals surface area (Å²) in [5.41, 5.74) is 0.838. The average molecular weight is 350 g/mol. The molecule has 0 radical (unpaired) electrons. The van der Waals surface area contributed by atoms with E-state index in [-0.39, 0.29) is 21.9 Å². The predicted molar refractivity (Wildman–Crippen MR) is 83.6 cm³/mol. The van der Waals surface area contributed by atoms with Gasteiger partial charge in [-0.25, -0.2) is 8.42 Å². The Hall–Kier alpha value is -0.780. The Morgan fingerprint density at radius 3 is 2.67 bits per heavy atom. The van der Waals surface area contributed by atoms with Crippen molar-refractivity contribution in [3.63, 3.8) is 0 Å². The first-order chi connectivity index (χ1) is 9.75. The van der Waals surface area contributed by atoms with E-state index in [9.17, 15) is 13.2 Å². The van der Waals surface area contributed by atoms with Crippen molar-refractivity contribution in [3.05, 3.63) is 28.3 Å². The van der Waals surface area contributed by atoms with Crippen LogP contribution in [0.5, 0.6) is 0 Å². The molecule has 1 fully saturated rings. The van der Waals surface area contributed by atoms with Crippen LogP contribution in [0.3, 0.4) is 0 Å². The molecule has 7 heteroatoms. The zero-order valence-corrected chi connectivity index (χ0v) is 14.2. The second kappa shape index (κ2) is 6.15. The number of likely N-dealkylation sites (tertiary alicyclic amines) is 1. The zero-order valence-electron chi connectivity index (χ0n) is 11.9. The first-order valence-electron chi connectivity index (χ1n) is 6.81. The summed E-state index contributed by atoms with van der Waals surface area (Å²) in [6.45, 7) is 4.39. The molecular formula is C14H17Cl2NO3S. The number of amides is 1. The van der Waals surface area contributed by atoms with Gasteiger partial charge in [0.25, 0.3) is 15.0 Å². The molecule has 0 aromatic heterocycles. The summed E-state index contributed by atoms with van der Waals surface area (Å²) < 4.78 is 23.2. The van der Waals surface area contributed by atoms with Crippen molar-refractivity contribution in [2.75, 3.05) is 6.54 Å². The van der Waals surface area contributed by atoms with Gasteiger partial charge < -0.3 is 4.90 Å². The van der Waals surface area contributed by atoms with Gasteiger partial charge in [0.15, 0.2) is 0 Å². The predicted octanol–water partition coefficient (Wildman–Crippen LogP) is 3.59. The summed E-state index contributed by atoms with van der Waals surface area (Å²) in [7, 11) is 1.41. The SMILES string of the molecule is CCC1CCCN1C(=O)c1cc(C)c(Cl)c(S(=O)(=O)Cl)c1. The van der Waals surface area contributed by atoms with Crippen molar-refractivity contribution in [2.24, 2.45) is 0 Å². The molecule has 1 heterocycles. The van der Waals surface area contributed by atoms with Crippen molar-refractivity contribution in [2.45, 2.75) is 44.0 Å². The van der Waals surface area contributed by atoms with Gasteiger partial charge in [-0.1, -0.05) is 18.5 Å². The Balaban J connectivity index is 2.45. The normalized spacial score (nSPS) is 19.0. The van der Waals surface area contributed by atoms with E-state index in [2.05, 4.69) is 0 Å². The van der Waals surface area contributed by atoms with Crippen molar-refractivity contribution < 1.29 is 13.2 Å². The Morgan fingerprint density at radius 2 is 2.10 bits per heavy atom. The van der Waals surface area contributed by atoms with Gasteiger partial charge in [0.1, 0.15) is 4.90 Å². The van der Waals surface area contributed by atoms with E-state index in [1.54, 1.807) is 17.9 Å². The molecule has 1 atom stereocenters. The van der Waals surface area contributed by atoms with Crippen molar-refractivity contribution >= 4 is 37.2 Å². The smallest absolute Gasteiger partial charge is 0.262 e. The third-order valence-corrected chi connectivity index (χ3v) is 5.80. The average Bonchev–Trinajstić information content (AvgIpc) is 2.87. The number of benzene rings is 1. The summed E-state index contributed by atoms with van der Waals surface area (Å²) in [5.74, 6) is -0.166. The minimum atomic E-state index is -3.99. The lowest BCUT2D eigenvalue weighted by atomic mass is 10.1. The van der Waals surface area contributed by atoms with Crippen molar-refractivity contribution in [3.8, 4) is 0 Å². The topological polar surface area (TPSA) is 54.5 Å². The maximum atomic E-state index is 12.6. The molecule has 1 aliphatic rings. The molecule has 1 unspecified atom stereocenters. The molecule has 1 aromatic carbocycles. The molecule has 1 saturated heterocycles. The first kappa shape index (κ1) is 16.6. The molecule has 1 aliphatic heterocycles. The number of carbonyl (C=O) groups is 1. The van der Waals surface area contributed by atoms with Crippen LogP contribution in [-0.4, -0.2) is 31.8 Å². The lowest BCUT2D eigenvalue weighted by molar-refractivity contribution is 0.0733. The molecule has 0 saturated carbocycles. The number of carbonyl (C=O) groups excluding carboxylic acids is 1. The molecule has 21 heavy (non-hydrogen) atoms. The van der Waals surface area contributed by atoms with Crippen LogP contribution in [0.15, 0.2) is 17.0 Å². The number of hydrogen-bond acceptors (Lipinski definition) is 3. The summed E-state index contributed by atoms with van der Waals surface area (Å²) in [5, 5.41) is 0.0648. The van der Waals surface area contributed by atoms with Gasteiger partial charge in [-0.15, -0.1) is 0 Å². The monoisotopic (exact) mass is 349 g/mol. The van der Waals surface area contributed by atoms with E-state index >= 15 is 0 Å². The quantitative estimate of drug-likeness (QED) is 0.783. The lowest BCUT2D eigenvalue weighted by Gasteiger charge is -2.24. The number of aryl methyl sites for hydroxylation is 1. The highest BCUT2D eigenvalue weighted by molar-refractivity contribution is 8.13. The first-order valence-corrected chi connectivity index (χ1v) is 9.50. The molecular weight excluding hydrogens is 333 g/mol. The second-order valence-electron chi connectivity index (χ2n) is 5.25. The summed E-state index contributed by atoms with van der Waals surface area (Å²) in [4.78, 5) is 14.2. The number of halogens is 2. The van der Waals surface area contributed by atoms with Crippen LogP contribution in [-0.2, 0) is 9.05 Å². The largest absolute Gasteiger partial charge is 0.336 e. The lowest BCUT2D eigenvalue weighted by Crippen LogP contribution is -2.35. The van der Waals surface area contributed by atoms with Crippen LogP contribution in [0.1, 0.15) is 42.1 Å². The van der Waals surface area contributed by atoms with Gasteiger partial charge in [0.2, 0.25) is 0 Å². The molecule has 2 rings (SSSR count). The highest BCUT2D eigenvalue weighted by Gasteiger charge is 2.29. The fraction of sp³-hybridized carbons (Fsp3) is 0.500. The third-order valence-electron chi connectivity index (χ3n) is 3.84. The Morgan fingerprint density at radius 1 is 1.43 bits per heavy atom. The molecule has 1 amide bonds. The summed E-state index contributed by atoms with van der Waals surface area (Å²) in [6, 6.07) is 3.09. The fourth-order valence-electron chi connectivity index (χ4n) is 2.73. The standard InChI is InChI=1S/C14H17Cl2NO3S/c1-3-11-5-4-6-17(11)14(18)10-7-9(2)13(15)12(8-10)21(16,19)20/h7-8,11H,3-6H2,1-2H3. The minimum absolute atomic E-state index is 0.0648. The Labute approximate surface area is 134 Å². The van der Waals surface area contributed by atoms with Gasteiger partial charge in [0, 0.05) is 28.8 Å². The van der Waals surface area contributed by atoms with E-state index < -0.39 is 9.05 Å². The van der Waals surface area contributed by atoms with Crippen LogP contribution in [0.4, 0.5) is 0 Å². The highest BCUT2D eigenvalue weighted by atomic mass is 35.7. The molecule has 0 spiro atoms. The zero-order chi connectivity index (χ0) is 15.8. The third kappa shape index (κ3) is 3.35. The fourth-order valence-corrected chi connectivity index (χ4v) is 4.27. The maximum Gasteiger partial charge on any atom is 0.262 e. The van der Waals surface area contributed by atoms with E-state index in [4.69, 9.17) is 22.3 Å². The highest BCUT2D eigenvalue weighted by Crippen LogP contribution is 2.31. The summed E-state index contributed by atoms with van der Waals surface area (Å²) >= 11 is 5.98. The minimum Gasteiger partial charge on any atom is -0.336 e. The van der Waals surface area contributed by atoms with Crippen LogP contribution in [0, 0.1) is 6.92 Å². The molecule has 4 nitrogen and oxygen atoms in total. The molecule has 0 bridgehead atoms. The molecule has 1 aromatic rings. The van der Waals surface area contributed by atoms with E-state index in [1.807, 2.05) is 6.92 Å². The number of nitrogens with zero attached hydrogens (tertiary/aromatic N) is 1. The molecule has 0 N–H and O–H groups in total. The van der Waals surface area contributed by atoms with Crippen molar-refractivity contribution in [1.82, 2.24) is 4.90 Å². The van der Waals surface area contributed by atoms with Crippen LogP contribution in [0.25, 0.3) is 0 Å². The van der Waals surface area contributed by atoms with Gasteiger partial charge in [-0.3, -0.25) is 4.79 Å². The molecule has 0 aliphatic carbocycles. The second-order valence-corrected chi connectivity index (χ2v) is 8.16. The number of hydrogen-bond donors (Lipinski definition) is 0. The van der Waals surface area contributed by atoms with Crippen molar-refractivity contribution in [1.29, 1.82) is 0 Å². The van der Waals surface area contributed by atoms with E-state index in [0.29, 0.717) is 17.7 Å². The summed E-state index contributed by atoms with van der Waals surface area (Å²) in [6.07, 6.45) is 2.84. The van der Waals surface area contributed by atoms with Gasteiger partial charge in [0.05, 0.1) is 5.02 Å². The van der Waals surface area contributed by atoms with Crippen LogP contribution >= 0.6 is 22.3 Å². The Bertz CT molecular complexity index is 673. The van der Waals surface area contributed by atoms with Gasteiger partial charge in [-0.2, -0.15) is 0 Å². The van der Waals surface area contributed by atoms with E-state index in [0.717, 1.165) is 19.3 Å². The van der Waals surface area contributed by atoms with Crippen LogP contribution < -0.4 is 0 Å².